The standard InChI is InChI=1S/C27H31N5O3/c1-17-7-10-19(23(33)13-18-8-9-18)15-22(17)32-16-30-24(26(32)28)25(34)20-5-4-6-21(14-20)27(35)29-11-12-31(2)3/h4-7,10,14-16,18H,8-9,11-13,28H2,1-3H3,(H,29,35). The van der Waals surface area contributed by atoms with Gasteiger partial charge in [-0.3, -0.25) is 19.0 Å². The molecule has 0 saturated heterocycles. The van der Waals surface area contributed by atoms with Crippen molar-refractivity contribution >= 4 is 23.3 Å². The van der Waals surface area contributed by atoms with Crippen molar-refractivity contribution < 1.29 is 14.4 Å². The average Bonchev–Trinajstić information content (AvgIpc) is 3.57. The summed E-state index contributed by atoms with van der Waals surface area (Å²) in [5.41, 5.74) is 9.44. The minimum atomic E-state index is -0.372. The third-order valence-electron chi connectivity index (χ3n) is 6.21. The second-order valence-corrected chi connectivity index (χ2v) is 9.39. The molecule has 4 rings (SSSR count). The van der Waals surface area contributed by atoms with Gasteiger partial charge < -0.3 is 16.0 Å². The smallest absolute Gasteiger partial charge is 0.251 e. The van der Waals surface area contributed by atoms with Crippen LogP contribution in [-0.2, 0) is 0 Å². The molecule has 182 valence electrons. The first kappa shape index (κ1) is 24.3. The number of ketones is 2. The Bertz CT molecular complexity index is 1270. The largest absolute Gasteiger partial charge is 0.383 e. The van der Waals surface area contributed by atoms with Crippen molar-refractivity contribution in [3.63, 3.8) is 0 Å². The van der Waals surface area contributed by atoms with E-state index in [-0.39, 0.29) is 29.0 Å². The number of rotatable bonds is 10. The third kappa shape index (κ3) is 5.66. The van der Waals surface area contributed by atoms with Crippen LogP contribution in [0, 0.1) is 12.8 Å². The van der Waals surface area contributed by atoms with Crippen molar-refractivity contribution in [1.29, 1.82) is 0 Å². The van der Waals surface area contributed by atoms with Gasteiger partial charge in [-0.15, -0.1) is 0 Å². The number of nitrogen functional groups attached to an aromatic ring is 1. The van der Waals surface area contributed by atoms with Crippen LogP contribution in [0.2, 0.25) is 0 Å². The monoisotopic (exact) mass is 473 g/mol. The minimum Gasteiger partial charge on any atom is -0.383 e. The first-order valence-corrected chi connectivity index (χ1v) is 11.8. The highest BCUT2D eigenvalue weighted by molar-refractivity contribution is 6.11. The number of benzene rings is 2. The van der Waals surface area contributed by atoms with Crippen LogP contribution in [0.15, 0.2) is 48.8 Å². The number of aryl methyl sites for hydroxylation is 1. The number of nitrogens with zero attached hydrogens (tertiary/aromatic N) is 3. The third-order valence-corrected chi connectivity index (χ3v) is 6.21. The molecule has 35 heavy (non-hydrogen) atoms. The van der Waals surface area contributed by atoms with E-state index < -0.39 is 0 Å². The lowest BCUT2D eigenvalue weighted by Crippen LogP contribution is -2.31. The number of imidazole rings is 1. The second kappa shape index (κ2) is 10.2. The molecule has 1 fully saturated rings. The lowest BCUT2D eigenvalue weighted by Gasteiger charge is -2.12. The van der Waals surface area contributed by atoms with E-state index in [0.29, 0.717) is 47.8 Å². The molecule has 0 bridgehead atoms. The highest BCUT2D eigenvalue weighted by Gasteiger charge is 2.25. The molecule has 2 aromatic carbocycles. The van der Waals surface area contributed by atoms with Crippen LogP contribution >= 0.6 is 0 Å². The number of hydrogen-bond acceptors (Lipinski definition) is 6. The quantitative estimate of drug-likeness (QED) is 0.437. The molecule has 1 aliphatic rings. The normalized spacial score (nSPS) is 13.1. The summed E-state index contributed by atoms with van der Waals surface area (Å²) in [6.07, 6.45) is 4.29. The number of nitrogens with one attached hydrogen (secondary N) is 1. The summed E-state index contributed by atoms with van der Waals surface area (Å²) in [4.78, 5) is 44.6. The number of likely N-dealkylation sites (N-methyl/N-ethyl adjacent to an activating group) is 1. The van der Waals surface area contributed by atoms with Crippen LogP contribution in [-0.4, -0.2) is 59.1 Å². The summed E-state index contributed by atoms with van der Waals surface area (Å²) in [5.74, 6) is 0.182. The Labute approximate surface area is 205 Å². The van der Waals surface area contributed by atoms with Crippen LogP contribution in [0.25, 0.3) is 5.69 Å². The van der Waals surface area contributed by atoms with E-state index in [2.05, 4.69) is 10.3 Å². The zero-order chi connectivity index (χ0) is 25.1. The highest BCUT2D eigenvalue weighted by Crippen LogP contribution is 2.34. The van der Waals surface area contributed by atoms with Crippen molar-refractivity contribution in [1.82, 2.24) is 19.8 Å². The number of amides is 1. The van der Waals surface area contributed by atoms with E-state index in [1.807, 2.05) is 44.1 Å². The number of hydrogen-bond donors (Lipinski definition) is 2. The molecule has 0 unspecified atom stereocenters. The van der Waals surface area contributed by atoms with Crippen molar-refractivity contribution in [3.05, 3.63) is 76.7 Å². The van der Waals surface area contributed by atoms with Gasteiger partial charge in [0.15, 0.2) is 11.5 Å². The van der Waals surface area contributed by atoms with E-state index >= 15 is 0 Å². The Morgan fingerprint density at radius 2 is 1.83 bits per heavy atom. The number of carbonyl (C=O) groups excluding carboxylic acids is 3. The molecule has 8 heteroatoms. The van der Waals surface area contributed by atoms with E-state index in [1.54, 1.807) is 28.8 Å². The number of anilines is 1. The summed E-state index contributed by atoms with van der Waals surface area (Å²) in [5, 5.41) is 2.85. The van der Waals surface area contributed by atoms with Crippen molar-refractivity contribution in [3.8, 4) is 5.69 Å². The maximum absolute atomic E-state index is 13.2. The first-order valence-electron chi connectivity index (χ1n) is 11.8. The molecule has 0 radical (unpaired) electrons. The zero-order valence-electron chi connectivity index (χ0n) is 20.4. The molecular weight excluding hydrogens is 442 g/mol. The number of Topliss-reactive ketones (excluding diaryl/α,β-unsaturated/α-hetero) is 1. The molecule has 1 heterocycles. The minimum absolute atomic E-state index is 0.101. The molecule has 1 saturated carbocycles. The van der Waals surface area contributed by atoms with Crippen LogP contribution in [0.4, 0.5) is 5.82 Å². The van der Waals surface area contributed by atoms with Gasteiger partial charge in [0.25, 0.3) is 5.91 Å². The van der Waals surface area contributed by atoms with Gasteiger partial charge in [0.05, 0.1) is 5.69 Å². The Hall–Kier alpha value is -3.78. The highest BCUT2D eigenvalue weighted by atomic mass is 16.2. The molecular formula is C27H31N5O3. The average molecular weight is 474 g/mol. The SMILES string of the molecule is Cc1ccc(C(=O)CC2CC2)cc1-n1cnc(C(=O)c2cccc(C(=O)NCCN(C)C)c2)c1N. The van der Waals surface area contributed by atoms with Gasteiger partial charge in [0, 0.05) is 36.2 Å². The predicted octanol–water partition coefficient (Wildman–Crippen LogP) is 3.27. The lowest BCUT2D eigenvalue weighted by atomic mass is 10.0. The van der Waals surface area contributed by atoms with Crippen molar-refractivity contribution in [2.24, 2.45) is 5.92 Å². The first-order chi connectivity index (χ1) is 16.7. The molecule has 3 aromatic rings. The van der Waals surface area contributed by atoms with Crippen LogP contribution in [0.5, 0.6) is 0 Å². The fourth-order valence-corrected chi connectivity index (χ4v) is 3.90. The maximum Gasteiger partial charge on any atom is 0.251 e. The fraction of sp³-hybridized carbons (Fsp3) is 0.333. The summed E-state index contributed by atoms with van der Waals surface area (Å²) in [6, 6.07) is 12.0. The number of aromatic nitrogens is 2. The predicted molar refractivity (Wildman–Crippen MR) is 135 cm³/mol. The van der Waals surface area contributed by atoms with Gasteiger partial charge in [0.1, 0.15) is 12.1 Å². The Balaban J connectivity index is 1.56. The Morgan fingerprint density at radius 1 is 1.09 bits per heavy atom. The molecule has 1 aliphatic carbocycles. The van der Waals surface area contributed by atoms with Gasteiger partial charge in [-0.2, -0.15) is 0 Å². The van der Waals surface area contributed by atoms with Crippen LogP contribution < -0.4 is 11.1 Å². The maximum atomic E-state index is 13.2. The van der Waals surface area contributed by atoms with Gasteiger partial charge in [-0.05, 0) is 63.5 Å². The Kier molecular flexibility index (Phi) is 7.12. The second-order valence-electron chi connectivity index (χ2n) is 9.39. The van der Waals surface area contributed by atoms with Gasteiger partial charge in [-0.25, -0.2) is 4.98 Å². The Morgan fingerprint density at radius 3 is 2.54 bits per heavy atom. The molecule has 0 aliphatic heterocycles. The molecule has 0 spiro atoms. The zero-order valence-corrected chi connectivity index (χ0v) is 20.4. The molecule has 3 N–H and O–H groups in total. The summed E-state index contributed by atoms with van der Waals surface area (Å²) >= 11 is 0. The van der Waals surface area contributed by atoms with Gasteiger partial charge >= 0.3 is 0 Å². The number of carbonyl (C=O) groups is 3. The molecule has 1 amide bonds. The van der Waals surface area contributed by atoms with Gasteiger partial charge in [-0.1, -0.05) is 24.3 Å². The van der Waals surface area contributed by atoms with Gasteiger partial charge in [0.2, 0.25) is 5.78 Å². The summed E-state index contributed by atoms with van der Waals surface area (Å²) in [6.45, 7) is 3.14. The van der Waals surface area contributed by atoms with E-state index in [1.165, 1.54) is 6.33 Å². The lowest BCUT2D eigenvalue weighted by molar-refractivity contribution is 0.0948. The van der Waals surface area contributed by atoms with E-state index in [0.717, 1.165) is 18.4 Å². The number of nitrogens with two attached hydrogens (primary N) is 1. The summed E-state index contributed by atoms with van der Waals surface area (Å²) < 4.78 is 1.63. The van der Waals surface area contributed by atoms with Crippen LogP contribution in [0.1, 0.15) is 61.6 Å². The molecule has 0 atom stereocenters. The summed E-state index contributed by atoms with van der Waals surface area (Å²) in [7, 11) is 3.86. The van der Waals surface area contributed by atoms with Crippen LogP contribution in [0.3, 0.4) is 0 Å². The van der Waals surface area contributed by atoms with E-state index in [9.17, 15) is 14.4 Å². The topological polar surface area (TPSA) is 110 Å². The van der Waals surface area contributed by atoms with Crippen molar-refractivity contribution in [2.45, 2.75) is 26.2 Å². The van der Waals surface area contributed by atoms with E-state index in [4.69, 9.17) is 5.73 Å². The van der Waals surface area contributed by atoms with Crippen molar-refractivity contribution in [2.75, 3.05) is 32.9 Å². The molecule has 1 aromatic heterocycles. The fourth-order valence-electron chi connectivity index (χ4n) is 3.90. The molecule has 8 nitrogen and oxygen atoms in total.